The summed E-state index contributed by atoms with van der Waals surface area (Å²) < 4.78 is 5.83. The Hall–Kier alpha value is -2.17. The molecule has 5 heteroatoms. The summed E-state index contributed by atoms with van der Waals surface area (Å²) in [6.45, 7) is 5.56. The van der Waals surface area contributed by atoms with Gasteiger partial charge >= 0.3 is 0 Å². The number of aromatic nitrogens is 2. The molecule has 0 radical (unpaired) electrons. The summed E-state index contributed by atoms with van der Waals surface area (Å²) in [5, 5.41) is 0.702. The first-order valence-corrected chi connectivity index (χ1v) is 8.77. The van der Waals surface area contributed by atoms with Gasteiger partial charge in [-0.25, -0.2) is 4.98 Å². The fourth-order valence-corrected chi connectivity index (χ4v) is 2.76. The fourth-order valence-electron chi connectivity index (χ4n) is 2.64. The Morgan fingerprint density at radius 1 is 1.08 bits per heavy atom. The van der Waals surface area contributed by atoms with Crippen molar-refractivity contribution < 1.29 is 4.42 Å². The van der Waals surface area contributed by atoms with E-state index in [1.807, 2.05) is 37.4 Å². The first-order valence-electron chi connectivity index (χ1n) is 8.39. The van der Waals surface area contributed by atoms with E-state index in [0.29, 0.717) is 17.5 Å². The maximum Gasteiger partial charge on any atom is 0.226 e. The molecule has 0 saturated heterocycles. The van der Waals surface area contributed by atoms with Gasteiger partial charge in [0.15, 0.2) is 0 Å². The van der Waals surface area contributed by atoms with E-state index in [-0.39, 0.29) is 0 Å². The van der Waals surface area contributed by atoms with E-state index in [0.717, 1.165) is 35.7 Å². The number of halogens is 1. The van der Waals surface area contributed by atoms with E-state index in [9.17, 15) is 0 Å². The molecule has 0 aliphatic rings. The van der Waals surface area contributed by atoms with Gasteiger partial charge in [-0.2, -0.15) is 0 Å². The van der Waals surface area contributed by atoms with Crippen LogP contribution in [-0.2, 0) is 19.5 Å². The number of hydrogen-bond acceptors (Lipinski definition) is 4. The van der Waals surface area contributed by atoms with Gasteiger partial charge in [0, 0.05) is 29.9 Å². The van der Waals surface area contributed by atoms with Gasteiger partial charge in [0.05, 0.1) is 11.4 Å². The molecule has 0 saturated carbocycles. The SMILES string of the molecule is CCc1ccc(CN(C)Cc2nc(-c3ccc(Cl)cc3)oc2C)nc1. The van der Waals surface area contributed by atoms with Crippen molar-refractivity contribution in [1.29, 1.82) is 0 Å². The summed E-state index contributed by atoms with van der Waals surface area (Å²) in [6.07, 6.45) is 2.96. The molecule has 0 amide bonds. The van der Waals surface area contributed by atoms with Crippen LogP contribution in [0.2, 0.25) is 5.02 Å². The van der Waals surface area contributed by atoms with Crippen molar-refractivity contribution in [1.82, 2.24) is 14.9 Å². The zero-order valence-corrected chi connectivity index (χ0v) is 15.5. The Morgan fingerprint density at radius 2 is 1.84 bits per heavy atom. The molecular weight excluding hydrogens is 334 g/mol. The molecule has 3 rings (SSSR count). The molecule has 0 bridgehead atoms. The van der Waals surface area contributed by atoms with Crippen LogP contribution in [-0.4, -0.2) is 21.9 Å². The Bertz CT molecular complexity index is 825. The third-order valence-electron chi connectivity index (χ3n) is 4.13. The molecule has 4 nitrogen and oxygen atoms in total. The highest BCUT2D eigenvalue weighted by atomic mass is 35.5. The molecule has 25 heavy (non-hydrogen) atoms. The predicted octanol–water partition coefficient (Wildman–Crippen LogP) is 4.89. The van der Waals surface area contributed by atoms with Crippen molar-refractivity contribution in [2.24, 2.45) is 0 Å². The summed E-state index contributed by atoms with van der Waals surface area (Å²) in [6, 6.07) is 11.7. The van der Waals surface area contributed by atoms with Crippen LogP contribution in [0.25, 0.3) is 11.5 Å². The van der Waals surface area contributed by atoms with Crippen molar-refractivity contribution in [2.45, 2.75) is 33.4 Å². The molecule has 0 atom stereocenters. The van der Waals surface area contributed by atoms with Crippen molar-refractivity contribution in [3.05, 3.63) is 70.3 Å². The summed E-state index contributed by atoms with van der Waals surface area (Å²) in [5.41, 5.74) is 4.18. The van der Waals surface area contributed by atoms with Crippen LogP contribution in [0.15, 0.2) is 47.0 Å². The van der Waals surface area contributed by atoms with Crippen LogP contribution in [0.5, 0.6) is 0 Å². The topological polar surface area (TPSA) is 42.2 Å². The van der Waals surface area contributed by atoms with E-state index in [4.69, 9.17) is 16.0 Å². The van der Waals surface area contributed by atoms with Gasteiger partial charge in [-0.1, -0.05) is 24.6 Å². The lowest BCUT2D eigenvalue weighted by molar-refractivity contribution is 0.309. The number of hydrogen-bond donors (Lipinski definition) is 0. The second-order valence-corrected chi connectivity index (χ2v) is 6.65. The van der Waals surface area contributed by atoms with E-state index in [1.54, 1.807) is 0 Å². The second kappa shape index (κ2) is 7.81. The van der Waals surface area contributed by atoms with Crippen LogP contribution >= 0.6 is 11.6 Å². The summed E-state index contributed by atoms with van der Waals surface area (Å²) in [5.74, 6) is 1.47. The molecule has 2 heterocycles. The van der Waals surface area contributed by atoms with Crippen LogP contribution in [0.1, 0.15) is 29.6 Å². The van der Waals surface area contributed by atoms with Gasteiger partial charge in [-0.05, 0) is 56.3 Å². The normalized spacial score (nSPS) is 11.2. The van der Waals surface area contributed by atoms with Gasteiger partial charge in [0.25, 0.3) is 0 Å². The molecule has 2 aromatic heterocycles. The average Bonchev–Trinajstić information content (AvgIpc) is 2.96. The molecule has 1 aromatic carbocycles. The quantitative estimate of drug-likeness (QED) is 0.631. The number of benzene rings is 1. The smallest absolute Gasteiger partial charge is 0.226 e. The fraction of sp³-hybridized carbons (Fsp3) is 0.300. The minimum absolute atomic E-state index is 0.628. The number of rotatable bonds is 6. The predicted molar refractivity (Wildman–Crippen MR) is 100 cm³/mol. The Kier molecular flexibility index (Phi) is 5.51. The maximum absolute atomic E-state index is 5.94. The lowest BCUT2D eigenvalue weighted by atomic mass is 10.2. The first-order chi connectivity index (χ1) is 12.0. The Morgan fingerprint density at radius 3 is 2.48 bits per heavy atom. The van der Waals surface area contributed by atoms with E-state index < -0.39 is 0 Å². The molecule has 0 fully saturated rings. The molecule has 0 spiro atoms. The van der Waals surface area contributed by atoms with Crippen LogP contribution in [0.3, 0.4) is 0 Å². The van der Waals surface area contributed by atoms with E-state index in [2.05, 4.69) is 41.0 Å². The number of aryl methyl sites for hydroxylation is 2. The van der Waals surface area contributed by atoms with Crippen molar-refractivity contribution in [3.8, 4) is 11.5 Å². The lowest BCUT2D eigenvalue weighted by Gasteiger charge is -2.15. The number of oxazole rings is 1. The average molecular weight is 356 g/mol. The molecule has 130 valence electrons. The van der Waals surface area contributed by atoms with Crippen molar-refractivity contribution in [2.75, 3.05) is 7.05 Å². The zero-order chi connectivity index (χ0) is 17.8. The summed E-state index contributed by atoms with van der Waals surface area (Å²) >= 11 is 5.94. The molecule has 0 aliphatic carbocycles. The zero-order valence-electron chi connectivity index (χ0n) is 14.8. The van der Waals surface area contributed by atoms with E-state index in [1.165, 1.54) is 5.56 Å². The van der Waals surface area contributed by atoms with Gasteiger partial charge < -0.3 is 4.42 Å². The second-order valence-electron chi connectivity index (χ2n) is 6.21. The minimum atomic E-state index is 0.628. The highest BCUT2D eigenvalue weighted by molar-refractivity contribution is 6.30. The molecule has 0 N–H and O–H groups in total. The summed E-state index contributed by atoms with van der Waals surface area (Å²) in [4.78, 5) is 11.3. The monoisotopic (exact) mass is 355 g/mol. The number of nitrogens with zero attached hydrogens (tertiary/aromatic N) is 3. The molecule has 0 aliphatic heterocycles. The van der Waals surface area contributed by atoms with Crippen LogP contribution in [0, 0.1) is 6.92 Å². The van der Waals surface area contributed by atoms with Gasteiger partial charge in [0.1, 0.15) is 5.76 Å². The minimum Gasteiger partial charge on any atom is -0.441 e. The molecule has 0 unspecified atom stereocenters. The van der Waals surface area contributed by atoms with Crippen LogP contribution in [0.4, 0.5) is 0 Å². The third kappa shape index (κ3) is 4.47. The maximum atomic E-state index is 5.94. The third-order valence-corrected chi connectivity index (χ3v) is 4.38. The Balaban J connectivity index is 1.68. The number of pyridine rings is 1. The molecule has 3 aromatic rings. The largest absolute Gasteiger partial charge is 0.441 e. The first kappa shape index (κ1) is 17.6. The standard InChI is InChI=1S/C20H22ClN3O/c1-4-15-5-10-18(22-11-15)12-24(3)13-19-14(2)25-20(23-19)16-6-8-17(21)9-7-16/h5-11H,4,12-13H2,1-3H3. The highest BCUT2D eigenvalue weighted by Crippen LogP contribution is 2.24. The summed E-state index contributed by atoms with van der Waals surface area (Å²) in [7, 11) is 2.06. The highest BCUT2D eigenvalue weighted by Gasteiger charge is 2.13. The van der Waals surface area contributed by atoms with Crippen molar-refractivity contribution >= 4 is 11.6 Å². The van der Waals surface area contributed by atoms with E-state index >= 15 is 0 Å². The Labute approximate surface area is 153 Å². The molecular formula is C20H22ClN3O. The van der Waals surface area contributed by atoms with Crippen molar-refractivity contribution in [3.63, 3.8) is 0 Å². The van der Waals surface area contributed by atoms with Crippen LogP contribution < -0.4 is 0 Å². The lowest BCUT2D eigenvalue weighted by Crippen LogP contribution is -2.18. The van der Waals surface area contributed by atoms with Gasteiger partial charge in [-0.3, -0.25) is 9.88 Å². The van der Waals surface area contributed by atoms with Gasteiger partial charge in [-0.15, -0.1) is 0 Å². The van der Waals surface area contributed by atoms with Gasteiger partial charge in [0.2, 0.25) is 5.89 Å².